The van der Waals surface area contributed by atoms with Gasteiger partial charge in [0.25, 0.3) is 0 Å². The zero-order valence-electron chi connectivity index (χ0n) is 24.1. The first-order valence-electron chi connectivity index (χ1n) is 14.0. The summed E-state index contributed by atoms with van der Waals surface area (Å²) < 4.78 is 53.9. The fourth-order valence-electron chi connectivity index (χ4n) is 2.92. The minimum absolute atomic E-state index is 0.241. The Labute approximate surface area is 252 Å². The van der Waals surface area contributed by atoms with Crippen molar-refractivity contribution in [2.24, 2.45) is 0 Å². The summed E-state index contributed by atoms with van der Waals surface area (Å²) in [5.41, 5.74) is 0.940. The highest BCUT2D eigenvalue weighted by Crippen LogP contribution is 2.00. The molecule has 0 bridgehead atoms. The molecule has 1 rings (SSSR count). The van der Waals surface area contributed by atoms with Gasteiger partial charge in [-0.25, -0.2) is 4.79 Å². The number of halogens is 1. The van der Waals surface area contributed by atoms with Crippen LogP contribution in [0.15, 0.2) is 30.3 Å². The number of alkyl halides is 1. The van der Waals surface area contributed by atoms with E-state index in [4.69, 9.17) is 47.4 Å². The van der Waals surface area contributed by atoms with Gasteiger partial charge in [-0.1, -0.05) is 46.3 Å². The second-order valence-corrected chi connectivity index (χ2v) is 8.98. The van der Waals surface area contributed by atoms with Crippen molar-refractivity contribution >= 4 is 22.0 Å². The van der Waals surface area contributed by atoms with Gasteiger partial charge in [-0.3, -0.25) is 0 Å². The maximum absolute atomic E-state index is 11.6. The number of carbonyl (C=O) groups excluding carboxylic acids is 1. The Bertz CT molecular complexity index is 676. The Hall–Kier alpha value is -1.39. The van der Waals surface area contributed by atoms with Crippen molar-refractivity contribution in [2.45, 2.75) is 6.61 Å². The first-order valence-corrected chi connectivity index (χ1v) is 15.1. The summed E-state index contributed by atoms with van der Waals surface area (Å²) in [7, 11) is 0. The number of hydrogen-bond acceptors (Lipinski definition) is 11. The number of hydrogen-bond donors (Lipinski definition) is 1. The molecule has 0 spiro atoms. The predicted molar refractivity (Wildman–Crippen MR) is 156 cm³/mol. The van der Waals surface area contributed by atoms with Crippen molar-refractivity contribution in [3.63, 3.8) is 0 Å². The SMILES string of the molecule is O=C(NCCOCCOCCOCCOCCOCCOCCOCCOCCOCCBr)OCc1ccccc1. The zero-order chi connectivity index (χ0) is 29.3. The lowest BCUT2D eigenvalue weighted by atomic mass is 10.2. The van der Waals surface area contributed by atoms with E-state index in [1.54, 1.807) is 0 Å². The molecule has 13 heteroatoms. The van der Waals surface area contributed by atoms with Crippen LogP contribution in [-0.2, 0) is 54.0 Å². The molecule has 238 valence electrons. The van der Waals surface area contributed by atoms with Gasteiger partial charge in [0.15, 0.2) is 0 Å². The minimum atomic E-state index is -0.466. The van der Waals surface area contributed by atoms with Crippen LogP contribution in [0.1, 0.15) is 5.56 Å². The number of ether oxygens (including phenoxy) is 10. The molecule has 0 saturated carbocycles. The topological polar surface area (TPSA) is 121 Å². The van der Waals surface area contributed by atoms with E-state index in [2.05, 4.69) is 21.2 Å². The van der Waals surface area contributed by atoms with Crippen molar-refractivity contribution in [1.82, 2.24) is 5.32 Å². The van der Waals surface area contributed by atoms with Crippen LogP contribution in [-0.4, -0.2) is 137 Å². The van der Waals surface area contributed by atoms with Crippen molar-refractivity contribution < 1.29 is 52.2 Å². The molecule has 0 radical (unpaired) electrons. The minimum Gasteiger partial charge on any atom is -0.445 e. The van der Waals surface area contributed by atoms with Crippen LogP contribution in [0.4, 0.5) is 4.79 Å². The van der Waals surface area contributed by atoms with Crippen molar-refractivity contribution in [3.05, 3.63) is 35.9 Å². The normalized spacial score (nSPS) is 11.1. The second kappa shape index (κ2) is 31.5. The summed E-state index contributed by atoms with van der Waals surface area (Å²) in [5, 5.41) is 3.47. The van der Waals surface area contributed by atoms with Crippen LogP contribution in [0.2, 0.25) is 0 Å². The number of amides is 1. The highest BCUT2D eigenvalue weighted by molar-refractivity contribution is 9.09. The maximum atomic E-state index is 11.6. The van der Waals surface area contributed by atoms with Gasteiger partial charge in [-0.15, -0.1) is 0 Å². The van der Waals surface area contributed by atoms with E-state index in [0.717, 1.165) is 10.9 Å². The lowest BCUT2D eigenvalue weighted by molar-refractivity contribution is -0.0247. The molecule has 1 aromatic rings. The Kier molecular flexibility index (Phi) is 29.0. The number of benzene rings is 1. The molecule has 0 aromatic heterocycles. The summed E-state index contributed by atoms with van der Waals surface area (Å²) in [6.07, 6.45) is -0.466. The van der Waals surface area contributed by atoms with Gasteiger partial charge in [-0.2, -0.15) is 0 Å². The lowest BCUT2D eigenvalue weighted by Gasteiger charge is -2.09. The molecule has 1 amide bonds. The molecule has 1 N–H and O–H groups in total. The zero-order valence-corrected chi connectivity index (χ0v) is 25.7. The van der Waals surface area contributed by atoms with Crippen LogP contribution in [0.3, 0.4) is 0 Å². The number of nitrogens with one attached hydrogen (secondary N) is 1. The molecular weight excluding hydrogens is 606 g/mol. The molecule has 41 heavy (non-hydrogen) atoms. The summed E-state index contributed by atoms with van der Waals surface area (Å²) in [5.74, 6) is 0. The van der Waals surface area contributed by atoms with Gasteiger partial charge in [0.1, 0.15) is 6.61 Å². The molecule has 0 atom stereocenters. The molecule has 0 aliphatic carbocycles. The molecule has 0 aliphatic rings. The number of rotatable bonds is 31. The van der Waals surface area contributed by atoms with E-state index in [0.29, 0.717) is 125 Å². The lowest BCUT2D eigenvalue weighted by Crippen LogP contribution is -2.28. The average Bonchev–Trinajstić information content (AvgIpc) is 2.99. The fourth-order valence-corrected chi connectivity index (χ4v) is 3.14. The van der Waals surface area contributed by atoms with Gasteiger partial charge in [0.2, 0.25) is 0 Å². The predicted octanol–water partition coefficient (Wildman–Crippen LogP) is 2.46. The van der Waals surface area contributed by atoms with Gasteiger partial charge < -0.3 is 52.7 Å². The van der Waals surface area contributed by atoms with E-state index in [1.807, 2.05) is 30.3 Å². The van der Waals surface area contributed by atoms with Gasteiger partial charge in [0, 0.05) is 11.9 Å². The second-order valence-electron chi connectivity index (χ2n) is 8.19. The fraction of sp³-hybridized carbons (Fsp3) is 0.750. The largest absolute Gasteiger partial charge is 0.445 e. The number of carbonyl (C=O) groups is 1. The number of alkyl carbamates (subject to hydrolysis) is 1. The van der Waals surface area contributed by atoms with Crippen LogP contribution >= 0.6 is 15.9 Å². The maximum Gasteiger partial charge on any atom is 0.407 e. The van der Waals surface area contributed by atoms with Crippen LogP contribution in [0.5, 0.6) is 0 Å². The van der Waals surface area contributed by atoms with Crippen molar-refractivity contribution in [2.75, 3.05) is 131 Å². The molecule has 0 heterocycles. The highest BCUT2D eigenvalue weighted by atomic mass is 79.9. The van der Waals surface area contributed by atoms with Gasteiger partial charge >= 0.3 is 6.09 Å². The third kappa shape index (κ3) is 28.5. The monoisotopic (exact) mass is 653 g/mol. The molecule has 0 unspecified atom stereocenters. The van der Waals surface area contributed by atoms with E-state index in [-0.39, 0.29) is 6.61 Å². The van der Waals surface area contributed by atoms with Crippen LogP contribution < -0.4 is 5.32 Å². The summed E-state index contributed by atoms with van der Waals surface area (Å²) in [6, 6.07) is 9.51. The Morgan fingerprint density at radius 1 is 0.512 bits per heavy atom. The molecule has 0 saturated heterocycles. The standard InChI is InChI=1S/C28H48BrNO11/c29-6-8-32-10-12-34-14-16-36-18-20-38-22-24-40-25-23-39-21-19-37-17-15-35-13-11-33-9-7-30-28(31)41-26-27-4-2-1-3-5-27/h1-5H,6-26H2,(H,30,31). The molecule has 1 aromatic carbocycles. The van der Waals surface area contributed by atoms with Crippen molar-refractivity contribution in [3.8, 4) is 0 Å². The third-order valence-corrected chi connectivity index (χ3v) is 5.25. The average molecular weight is 655 g/mol. The van der Waals surface area contributed by atoms with E-state index >= 15 is 0 Å². The summed E-state index contributed by atoms with van der Waals surface area (Å²) in [4.78, 5) is 11.6. The molecule has 0 fully saturated rings. The molecule has 0 aliphatic heterocycles. The smallest absolute Gasteiger partial charge is 0.407 e. The van der Waals surface area contributed by atoms with Gasteiger partial charge in [-0.05, 0) is 5.56 Å². The van der Waals surface area contributed by atoms with Crippen LogP contribution in [0.25, 0.3) is 0 Å². The Balaban J connectivity index is 1.65. The Morgan fingerprint density at radius 3 is 1.22 bits per heavy atom. The highest BCUT2D eigenvalue weighted by Gasteiger charge is 2.01. The van der Waals surface area contributed by atoms with Gasteiger partial charge in [0.05, 0.1) is 119 Å². The van der Waals surface area contributed by atoms with E-state index in [9.17, 15) is 4.79 Å². The van der Waals surface area contributed by atoms with E-state index in [1.165, 1.54) is 0 Å². The quantitative estimate of drug-likeness (QED) is 0.0939. The van der Waals surface area contributed by atoms with E-state index < -0.39 is 6.09 Å². The third-order valence-electron chi connectivity index (χ3n) is 4.93. The summed E-state index contributed by atoms with van der Waals surface area (Å²) in [6.45, 7) is 9.86. The Morgan fingerprint density at radius 2 is 0.854 bits per heavy atom. The molecule has 12 nitrogen and oxygen atoms in total. The first-order chi connectivity index (χ1) is 20.3. The summed E-state index contributed by atoms with van der Waals surface area (Å²) >= 11 is 3.30. The van der Waals surface area contributed by atoms with Crippen molar-refractivity contribution in [1.29, 1.82) is 0 Å². The molecular formula is C28H48BrNO11. The first kappa shape index (κ1) is 37.6. The van der Waals surface area contributed by atoms with Crippen LogP contribution in [0, 0.1) is 0 Å².